The van der Waals surface area contributed by atoms with Gasteiger partial charge in [0.2, 0.25) is 5.88 Å². The Hall–Kier alpha value is -2.25. The molecule has 0 aromatic carbocycles. The van der Waals surface area contributed by atoms with Crippen molar-refractivity contribution in [3.63, 3.8) is 0 Å². The molecule has 4 rings (SSSR count). The van der Waals surface area contributed by atoms with E-state index in [1.165, 1.54) is 17.1 Å². The van der Waals surface area contributed by atoms with Crippen LogP contribution in [0, 0.1) is 13.8 Å². The van der Waals surface area contributed by atoms with Gasteiger partial charge in [-0.2, -0.15) is 4.37 Å². The Bertz CT molecular complexity index is 906. The molecule has 4 heterocycles. The number of ether oxygens (including phenoxy) is 1. The highest BCUT2D eigenvalue weighted by Gasteiger charge is 2.17. The lowest BCUT2D eigenvalue weighted by atomic mass is 10.2. The lowest BCUT2D eigenvalue weighted by Crippen LogP contribution is -2.46. The average molecular weight is 398 g/mol. The van der Waals surface area contributed by atoms with Gasteiger partial charge in [-0.15, -0.1) is 0 Å². The van der Waals surface area contributed by atoms with Crippen molar-refractivity contribution in [1.29, 1.82) is 0 Å². The van der Waals surface area contributed by atoms with Crippen molar-refractivity contribution in [2.45, 2.75) is 26.7 Å². The standard InChI is InChI=1S/C21H27N5OS/c1-16-15-17(2)23-21-19(16)20(24-28-21)27-14-6-5-9-25-10-12-26(13-11-25)18-7-3-4-8-22-18/h3-4,7-8,15H,5-6,9-14H2,1-2H3. The number of anilines is 1. The minimum absolute atomic E-state index is 0.708. The third kappa shape index (κ3) is 4.42. The van der Waals surface area contributed by atoms with Crippen molar-refractivity contribution in [2.24, 2.45) is 0 Å². The van der Waals surface area contributed by atoms with Crippen molar-refractivity contribution in [2.75, 3.05) is 44.2 Å². The van der Waals surface area contributed by atoms with Crippen LogP contribution in [-0.2, 0) is 0 Å². The van der Waals surface area contributed by atoms with Gasteiger partial charge >= 0.3 is 0 Å². The molecule has 6 nitrogen and oxygen atoms in total. The molecular formula is C21H27N5OS. The molecule has 1 aliphatic rings. The molecule has 0 aliphatic carbocycles. The van der Waals surface area contributed by atoms with E-state index in [0.29, 0.717) is 6.61 Å². The van der Waals surface area contributed by atoms with Crippen molar-refractivity contribution < 1.29 is 4.74 Å². The summed E-state index contributed by atoms with van der Waals surface area (Å²) in [5.41, 5.74) is 2.22. The highest BCUT2D eigenvalue weighted by Crippen LogP contribution is 2.30. The summed E-state index contributed by atoms with van der Waals surface area (Å²) < 4.78 is 10.4. The van der Waals surface area contributed by atoms with Gasteiger partial charge in [0, 0.05) is 38.1 Å². The topological polar surface area (TPSA) is 54.4 Å². The Morgan fingerprint density at radius 1 is 1.11 bits per heavy atom. The molecule has 148 valence electrons. The molecule has 0 N–H and O–H groups in total. The third-order valence-corrected chi connectivity index (χ3v) is 5.92. The number of aryl methyl sites for hydroxylation is 2. The number of fused-ring (bicyclic) bond motifs is 1. The van der Waals surface area contributed by atoms with Gasteiger partial charge in [0.15, 0.2) is 0 Å². The van der Waals surface area contributed by atoms with E-state index in [1.54, 1.807) is 0 Å². The van der Waals surface area contributed by atoms with Gasteiger partial charge in [0.25, 0.3) is 0 Å². The number of pyridine rings is 2. The molecule has 3 aromatic heterocycles. The smallest absolute Gasteiger partial charge is 0.235 e. The van der Waals surface area contributed by atoms with Crippen LogP contribution in [0.4, 0.5) is 5.82 Å². The van der Waals surface area contributed by atoms with Crippen molar-refractivity contribution in [3.05, 3.63) is 41.7 Å². The number of unbranched alkanes of at least 4 members (excludes halogenated alkanes) is 1. The molecule has 0 amide bonds. The second kappa shape index (κ2) is 8.84. The van der Waals surface area contributed by atoms with Crippen LogP contribution in [0.15, 0.2) is 30.5 Å². The summed E-state index contributed by atoms with van der Waals surface area (Å²) in [4.78, 5) is 14.9. The molecule has 3 aromatic rings. The lowest BCUT2D eigenvalue weighted by molar-refractivity contribution is 0.237. The molecule has 7 heteroatoms. The van der Waals surface area contributed by atoms with Crippen LogP contribution in [0.1, 0.15) is 24.1 Å². The SMILES string of the molecule is Cc1cc(C)c2c(OCCCCN3CCN(c4ccccn4)CC3)nsc2n1. The summed E-state index contributed by atoms with van der Waals surface area (Å²) in [5, 5.41) is 1.07. The van der Waals surface area contributed by atoms with Crippen molar-refractivity contribution in [3.8, 4) is 5.88 Å². The average Bonchev–Trinajstić information content (AvgIpc) is 3.12. The van der Waals surface area contributed by atoms with Gasteiger partial charge in [-0.25, -0.2) is 9.97 Å². The Balaban J connectivity index is 1.18. The maximum atomic E-state index is 5.97. The highest BCUT2D eigenvalue weighted by molar-refractivity contribution is 7.13. The number of piperazine rings is 1. The highest BCUT2D eigenvalue weighted by atomic mass is 32.1. The zero-order chi connectivity index (χ0) is 19.3. The second-order valence-corrected chi connectivity index (χ2v) is 8.07. The second-order valence-electron chi connectivity index (χ2n) is 7.32. The summed E-state index contributed by atoms with van der Waals surface area (Å²) in [6.45, 7) is 10.2. The fourth-order valence-electron chi connectivity index (χ4n) is 3.71. The van der Waals surface area contributed by atoms with Crippen molar-refractivity contribution >= 4 is 27.6 Å². The van der Waals surface area contributed by atoms with Crippen molar-refractivity contribution in [1.82, 2.24) is 19.2 Å². The zero-order valence-corrected chi connectivity index (χ0v) is 17.4. The maximum Gasteiger partial charge on any atom is 0.235 e. The number of nitrogens with zero attached hydrogens (tertiary/aromatic N) is 5. The summed E-state index contributed by atoms with van der Waals surface area (Å²) in [6.07, 6.45) is 4.05. The molecule has 1 fully saturated rings. The lowest BCUT2D eigenvalue weighted by Gasteiger charge is -2.35. The van der Waals surface area contributed by atoms with E-state index < -0.39 is 0 Å². The molecular weight excluding hydrogens is 370 g/mol. The van der Waals surface area contributed by atoms with E-state index in [-0.39, 0.29) is 0 Å². The van der Waals surface area contributed by atoms with Crippen LogP contribution < -0.4 is 9.64 Å². The number of aromatic nitrogens is 3. The first-order valence-electron chi connectivity index (χ1n) is 9.95. The normalized spacial score (nSPS) is 15.3. The molecule has 0 radical (unpaired) electrons. The number of hydrogen-bond acceptors (Lipinski definition) is 7. The first kappa shape index (κ1) is 19.1. The van der Waals surface area contributed by atoms with Crippen LogP contribution in [-0.4, -0.2) is 58.6 Å². The minimum atomic E-state index is 0.708. The predicted molar refractivity (Wildman–Crippen MR) is 115 cm³/mol. The van der Waals surface area contributed by atoms with E-state index in [9.17, 15) is 0 Å². The van der Waals surface area contributed by atoms with E-state index in [2.05, 4.69) is 49.3 Å². The molecule has 0 bridgehead atoms. The summed E-state index contributed by atoms with van der Waals surface area (Å²) in [7, 11) is 0. The van der Waals surface area contributed by atoms with Gasteiger partial charge in [-0.1, -0.05) is 6.07 Å². The van der Waals surface area contributed by atoms with Gasteiger partial charge in [-0.05, 0) is 68.5 Å². The molecule has 0 atom stereocenters. The Kier molecular flexibility index (Phi) is 6.02. The molecule has 1 aliphatic heterocycles. The first-order valence-corrected chi connectivity index (χ1v) is 10.7. The monoisotopic (exact) mass is 397 g/mol. The summed E-state index contributed by atoms with van der Waals surface area (Å²) in [5.74, 6) is 1.83. The summed E-state index contributed by atoms with van der Waals surface area (Å²) in [6, 6.07) is 8.20. The van der Waals surface area contributed by atoms with E-state index in [0.717, 1.165) is 73.2 Å². The number of rotatable bonds is 7. The third-order valence-electron chi connectivity index (χ3n) is 5.19. The zero-order valence-electron chi connectivity index (χ0n) is 16.6. The van der Waals surface area contributed by atoms with Gasteiger partial charge < -0.3 is 9.64 Å². The quantitative estimate of drug-likeness (QED) is 0.567. The number of hydrogen-bond donors (Lipinski definition) is 0. The van der Waals surface area contributed by atoms with Crippen LogP contribution in [0.25, 0.3) is 10.2 Å². The summed E-state index contributed by atoms with van der Waals surface area (Å²) >= 11 is 1.42. The van der Waals surface area contributed by atoms with E-state index in [1.807, 2.05) is 19.2 Å². The van der Waals surface area contributed by atoms with Crippen LogP contribution in [0.3, 0.4) is 0 Å². The first-order chi connectivity index (χ1) is 13.7. The molecule has 0 unspecified atom stereocenters. The largest absolute Gasteiger partial charge is 0.477 e. The van der Waals surface area contributed by atoms with E-state index >= 15 is 0 Å². The molecule has 0 spiro atoms. The van der Waals surface area contributed by atoms with Gasteiger partial charge in [0.05, 0.1) is 12.0 Å². The Labute approximate surface area is 170 Å². The fraction of sp³-hybridized carbons (Fsp3) is 0.476. The van der Waals surface area contributed by atoms with Gasteiger partial charge in [-0.3, -0.25) is 4.90 Å². The Morgan fingerprint density at radius 2 is 1.96 bits per heavy atom. The molecule has 28 heavy (non-hydrogen) atoms. The van der Waals surface area contributed by atoms with Crippen LogP contribution in [0.5, 0.6) is 5.88 Å². The predicted octanol–water partition coefficient (Wildman–Crippen LogP) is 3.68. The molecule has 0 saturated carbocycles. The fourth-order valence-corrected chi connectivity index (χ4v) is 4.54. The minimum Gasteiger partial charge on any atom is -0.477 e. The molecule has 1 saturated heterocycles. The van der Waals surface area contributed by atoms with Gasteiger partial charge in [0.1, 0.15) is 10.6 Å². The maximum absolute atomic E-state index is 5.97. The van der Waals surface area contributed by atoms with Crippen LogP contribution >= 0.6 is 11.5 Å². The Morgan fingerprint density at radius 3 is 2.75 bits per heavy atom. The van der Waals surface area contributed by atoms with Crippen LogP contribution in [0.2, 0.25) is 0 Å². The van der Waals surface area contributed by atoms with E-state index in [4.69, 9.17) is 4.74 Å².